The molecule has 0 radical (unpaired) electrons. The van der Waals surface area contributed by atoms with Crippen LogP contribution in [0, 0.1) is 13.8 Å². The highest BCUT2D eigenvalue weighted by Crippen LogP contribution is 2.19. The molecule has 0 aliphatic carbocycles. The Morgan fingerprint density at radius 3 is 2.41 bits per heavy atom. The van der Waals surface area contributed by atoms with Gasteiger partial charge in [0.05, 0.1) is 5.69 Å². The molecule has 0 saturated carbocycles. The van der Waals surface area contributed by atoms with Crippen molar-refractivity contribution in [2.45, 2.75) is 13.8 Å². The maximum atomic E-state index is 4.53. The van der Waals surface area contributed by atoms with Crippen LogP contribution in [0.4, 0.5) is 17.6 Å². The topological polar surface area (TPSA) is 92.9 Å². The molecule has 4 aromatic rings. The number of halogens is 1. The van der Waals surface area contributed by atoms with E-state index in [1.54, 1.807) is 10.9 Å². The number of hydrogen-bond donors (Lipinski definition) is 2. The molecule has 160 valence electrons. The lowest BCUT2D eigenvalue weighted by Crippen LogP contribution is -2.11. The number of rotatable bonds is 7. The number of benzene rings is 2. The van der Waals surface area contributed by atoms with Crippen LogP contribution in [0.5, 0.6) is 0 Å². The van der Waals surface area contributed by atoms with E-state index in [0.29, 0.717) is 17.8 Å². The Morgan fingerprint density at radius 1 is 0.938 bits per heavy atom. The first-order chi connectivity index (χ1) is 15.6. The molecule has 9 heteroatoms. The molecular weight excluding hydrogens is 468 g/mol. The Bertz CT molecular complexity index is 1250. The van der Waals surface area contributed by atoms with Crippen molar-refractivity contribution in [1.29, 1.82) is 0 Å². The second-order valence-electron chi connectivity index (χ2n) is 6.91. The van der Waals surface area contributed by atoms with Crippen LogP contribution in [0.1, 0.15) is 17.0 Å². The van der Waals surface area contributed by atoms with Gasteiger partial charge in [0.25, 0.3) is 5.95 Å². The van der Waals surface area contributed by atoms with Gasteiger partial charge in [0.15, 0.2) is 0 Å². The van der Waals surface area contributed by atoms with E-state index in [9.17, 15) is 0 Å². The Labute approximate surface area is 194 Å². The molecule has 0 spiro atoms. The molecule has 8 nitrogen and oxygen atoms in total. The van der Waals surface area contributed by atoms with Crippen LogP contribution >= 0.6 is 15.9 Å². The van der Waals surface area contributed by atoms with Crippen LogP contribution in [0.3, 0.4) is 0 Å². The van der Waals surface area contributed by atoms with Crippen LogP contribution in [0.15, 0.2) is 76.3 Å². The number of aromatic nitrogens is 5. The van der Waals surface area contributed by atoms with Crippen molar-refractivity contribution < 1.29 is 0 Å². The van der Waals surface area contributed by atoms with Crippen molar-refractivity contribution >= 4 is 45.8 Å². The van der Waals surface area contributed by atoms with E-state index >= 15 is 0 Å². The number of allylic oxidation sites excluding steroid dienone is 1. The maximum Gasteiger partial charge on any atom is 0.257 e. The molecule has 0 atom stereocenters. The lowest BCUT2D eigenvalue weighted by Gasteiger charge is -2.09. The van der Waals surface area contributed by atoms with Gasteiger partial charge >= 0.3 is 0 Å². The number of aryl methyl sites for hydroxylation is 2. The van der Waals surface area contributed by atoms with E-state index in [-0.39, 0.29) is 0 Å². The average Bonchev–Trinajstić information content (AvgIpc) is 3.14. The molecule has 2 aromatic heterocycles. The highest BCUT2D eigenvalue weighted by molar-refractivity contribution is 9.10. The van der Waals surface area contributed by atoms with Gasteiger partial charge in [0.2, 0.25) is 11.9 Å². The van der Waals surface area contributed by atoms with Gasteiger partial charge in [-0.15, -0.1) is 0 Å². The fourth-order valence-electron chi connectivity index (χ4n) is 2.92. The van der Waals surface area contributed by atoms with E-state index in [2.05, 4.69) is 51.8 Å². The molecule has 0 saturated heterocycles. The van der Waals surface area contributed by atoms with Crippen molar-refractivity contribution in [2.75, 3.05) is 10.7 Å². The number of nitrogens with one attached hydrogen (secondary N) is 2. The molecule has 2 heterocycles. The van der Waals surface area contributed by atoms with E-state index in [1.165, 1.54) is 0 Å². The second-order valence-corrected chi connectivity index (χ2v) is 7.83. The minimum absolute atomic E-state index is 0.298. The molecule has 0 unspecified atom stereocenters. The zero-order valence-electron chi connectivity index (χ0n) is 17.6. The standard InChI is InChI=1S/C23H21BrN8/c1-16-15-17(2)32(31-16)23-28-21(26-20-12-10-19(24)11-13-20)27-22(29-23)30-25-14-6-9-18-7-4-3-5-8-18/h3-15H,1-2H3,(H2,26,27,28,29,30)/b9-6-,25-14?. The Balaban J connectivity index is 1.58. The number of anilines is 3. The summed E-state index contributed by atoms with van der Waals surface area (Å²) in [5, 5.41) is 11.9. The monoisotopic (exact) mass is 488 g/mol. The van der Waals surface area contributed by atoms with Gasteiger partial charge in [-0.25, -0.2) is 10.1 Å². The third kappa shape index (κ3) is 5.64. The molecular formula is C23H21BrN8. The SMILES string of the molecule is Cc1cc(C)n(-c2nc(NN=C/C=C\c3ccccc3)nc(Nc3ccc(Br)cc3)n2)n1. The van der Waals surface area contributed by atoms with Crippen LogP contribution in [0.2, 0.25) is 0 Å². The first kappa shape index (κ1) is 21.4. The zero-order chi connectivity index (χ0) is 22.3. The molecule has 32 heavy (non-hydrogen) atoms. The van der Waals surface area contributed by atoms with Gasteiger partial charge in [-0.3, -0.25) is 0 Å². The quantitative estimate of drug-likeness (QED) is 0.271. The molecule has 0 aliphatic heterocycles. The fraction of sp³-hybridized carbons (Fsp3) is 0.0870. The summed E-state index contributed by atoms with van der Waals surface area (Å²) in [5.41, 5.74) is 6.60. The highest BCUT2D eigenvalue weighted by Gasteiger charge is 2.12. The number of hydrazone groups is 1. The van der Waals surface area contributed by atoms with Crippen molar-refractivity contribution in [3.8, 4) is 5.95 Å². The molecule has 0 amide bonds. The molecule has 0 bridgehead atoms. The van der Waals surface area contributed by atoms with Crippen molar-refractivity contribution in [3.05, 3.63) is 88.2 Å². The lowest BCUT2D eigenvalue weighted by molar-refractivity contribution is 0.767. The van der Waals surface area contributed by atoms with Gasteiger partial charge in [-0.2, -0.15) is 25.2 Å². The summed E-state index contributed by atoms with van der Waals surface area (Å²) in [4.78, 5) is 13.4. The van der Waals surface area contributed by atoms with Gasteiger partial charge in [-0.1, -0.05) is 52.3 Å². The summed E-state index contributed by atoms with van der Waals surface area (Å²) >= 11 is 3.44. The fourth-order valence-corrected chi connectivity index (χ4v) is 3.18. The third-order valence-electron chi connectivity index (χ3n) is 4.34. The summed E-state index contributed by atoms with van der Waals surface area (Å²) in [6.45, 7) is 3.87. The van der Waals surface area contributed by atoms with E-state index in [1.807, 2.05) is 86.7 Å². The Kier molecular flexibility index (Phi) is 6.66. The molecule has 4 rings (SSSR count). The number of hydrogen-bond acceptors (Lipinski definition) is 7. The van der Waals surface area contributed by atoms with Gasteiger partial charge in [-0.05, 0) is 55.8 Å². The van der Waals surface area contributed by atoms with Crippen molar-refractivity contribution in [1.82, 2.24) is 24.7 Å². The second kappa shape index (κ2) is 9.97. The maximum absolute atomic E-state index is 4.53. The normalized spacial score (nSPS) is 11.3. The highest BCUT2D eigenvalue weighted by atomic mass is 79.9. The molecule has 2 aromatic carbocycles. The average molecular weight is 489 g/mol. The van der Waals surface area contributed by atoms with Crippen LogP contribution < -0.4 is 10.7 Å². The number of nitrogens with zero attached hydrogens (tertiary/aromatic N) is 6. The van der Waals surface area contributed by atoms with E-state index in [0.717, 1.165) is 27.1 Å². The minimum atomic E-state index is 0.298. The first-order valence-corrected chi connectivity index (χ1v) is 10.7. The smallest absolute Gasteiger partial charge is 0.257 e. The summed E-state index contributed by atoms with van der Waals surface area (Å²) < 4.78 is 2.66. The summed E-state index contributed by atoms with van der Waals surface area (Å²) in [7, 11) is 0. The summed E-state index contributed by atoms with van der Waals surface area (Å²) in [5.74, 6) is 1.07. The Hall–Kier alpha value is -3.85. The van der Waals surface area contributed by atoms with Gasteiger partial charge < -0.3 is 5.32 Å². The van der Waals surface area contributed by atoms with Gasteiger partial charge in [0.1, 0.15) is 0 Å². The van der Waals surface area contributed by atoms with E-state index in [4.69, 9.17) is 0 Å². The van der Waals surface area contributed by atoms with E-state index < -0.39 is 0 Å². The van der Waals surface area contributed by atoms with Crippen LogP contribution in [-0.2, 0) is 0 Å². The van der Waals surface area contributed by atoms with Gasteiger partial charge in [0, 0.05) is 22.1 Å². The first-order valence-electron chi connectivity index (χ1n) is 9.90. The predicted octanol–water partition coefficient (Wildman–Crippen LogP) is 5.29. The molecule has 2 N–H and O–H groups in total. The van der Waals surface area contributed by atoms with Crippen molar-refractivity contribution in [3.63, 3.8) is 0 Å². The molecule has 0 aliphatic rings. The lowest BCUT2D eigenvalue weighted by atomic mass is 10.2. The summed E-state index contributed by atoms with van der Waals surface area (Å²) in [6, 6.07) is 19.7. The summed E-state index contributed by atoms with van der Waals surface area (Å²) in [6.07, 6.45) is 5.44. The van der Waals surface area contributed by atoms with Crippen molar-refractivity contribution in [2.24, 2.45) is 5.10 Å². The Morgan fingerprint density at radius 2 is 1.69 bits per heavy atom. The van der Waals surface area contributed by atoms with Crippen LogP contribution in [0.25, 0.3) is 12.0 Å². The molecule has 0 fully saturated rings. The minimum Gasteiger partial charge on any atom is -0.324 e. The third-order valence-corrected chi connectivity index (χ3v) is 4.87. The largest absolute Gasteiger partial charge is 0.324 e. The zero-order valence-corrected chi connectivity index (χ0v) is 19.2. The predicted molar refractivity (Wildman–Crippen MR) is 131 cm³/mol. The van der Waals surface area contributed by atoms with Crippen LogP contribution in [-0.4, -0.2) is 30.9 Å².